The average Bonchev–Trinajstić information content (AvgIpc) is 3.55. The first-order chi connectivity index (χ1) is 18.2. The molecule has 5 rings (SSSR count). The van der Waals surface area contributed by atoms with Gasteiger partial charge in [-0.2, -0.15) is 0 Å². The van der Waals surface area contributed by atoms with Crippen LogP contribution in [0.5, 0.6) is 0 Å². The molecule has 0 saturated carbocycles. The third-order valence-electron chi connectivity index (χ3n) is 7.59. The van der Waals surface area contributed by atoms with Crippen LogP contribution in [0.1, 0.15) is 73.8 Å². The Hall–Kier alpha value is -3.37. The second kappa shape index (κ2) is 12.2. The van der Waals surface area contributed by atoms with Gasteiger partial charge >= 0.3 is 0 Å². The molecule has 3 aromatic rings. The van der Waals surface area contributed by atoms with E-state index in [1.54, 1.807) is 0 Å². The van der Waals surface area contributed by atoms with Crippen molar-refractivity contribution in [3.8, 4) is 0 Å². The molecular weight excluding hydrogens is 452 g/mol. The van der Waals surface area contributed by atoms with Gasteiger partial charge in [0.25, 0.3) is 0 Å². The highest BCUT2D eigenvalue weighted by molar-refractivity contribution is 5.81. The van der Waals surface area contributed by atoms with Gasteiger partial charge in [0.1, 0.15) is 0 Å². The van der Waals surface area contributed by atoms with Crippen LogP contribution in [0.2, 0.25) is 0 Å². The van der Waals surface area contributed by atoms with Gasteiger partial charge in [0.2, 0.25) is 0 Å². The van der Waals surface area contributed by atoms with Gasteiger partial charge in [-0.3, -0.25) is 4.57 Å². The van der Waals surface area contributed by atoms with Crippen LogP contribution in [0.3, 0.4) is 0 Å². The first kappa shape index (κ1) is 25.3. The molecule has 0 bridgehead atoms. The first-order valence-corrected chi connectivity index (χ1v) is 14.0. The Morgan fingerprint density at radius 1 is 0.892 bits per heavy atom. The molecule has 192 valence electrons. The number of unbranched alkanes of at least 4 members (excludes halogenated alkanes) is 4. The predicted octanol–water partition coefficient (Wildman–Crippen LogP) is 5.31. The summed E-state index contributed by atoms with van der Waals surface area (Å²) in [6, 6.07) is 19.7. The Labute approximate surface area is 221 Å². The summed E-state index contributed by atoms with van der Waals surface area (Å²) in [6.45, 7) is 5.27. The predicted molar refractivity (Wildman–Crippen MR) is 156 cm³/mol. The summed E-state index contributed by atoms with van der Waals surface area (Å²) in [6.07, 6.45) is 17.2. The topological polar surface area (TPSA) is 55.9 Å². The standard InChI is InChI=1S/C33H40N4/c1-25-30(22-27-15-9-10-16-27)36-33-31(23-28-13-7-5-8-14-28)35-32(24-37(25)33)29-19-17-26(18-20-29)12-6-3-2-4-11-21-34/h5,7-8,13-15,17-20,24,35H,1-4,6,9-12,16,21-23,34H2. The highest BCUT2D eigenvalue weighted by Crippen LogP contribution is 2.22. The molecule has 2 aliphatic rings. The Morgan fingerprint density at radius 2 is 1.68 bits per heavy atom. The van der Waals surface area contributed by atoms with Crippen molar-refractivity contribution in [2.24, 2.45) is 5.73 Å². The number of imidazole rings is 1. The fourth-order valence-corrected chi connectivity index (χ4v) is 5.42. The molecule has 2 aromatic carbocycles. The molecule has 0 saturated heterocycles. The van der Waals surface area contributed by atoms with Crippen LogP contribution in [-0.4, -0.2) is 16.1 Å². The maximum absolute atomic E-state index is 5.60. The van der Waals surface area contributed by atoms with Gasteiger partial charge in [-0.15, -0.1) is 0 Å². The molecule has 1 aliphatic heterocycles. The van der Waals surface area contributed by atoms with Crippen molar-refractivity contribution >= 4 is 24.2 Å². The number of rotatable bonds is 12. The van der Waals surface area contributed by atoms with E-state index in [-0.39, 0.29) is 0 Å². The van der Waals surface area contributed by atoms with Crippen LogP contribution in [0, 0.1) is 0 Å². The third-order valence-corrected chi connectivity index (χ3v) is 7.59. The zero-order valence-electron chi connectivity index (χ0n) is 22.0. The minimum absolute atomic E-state index is 0.805. The monoisotopic (exact) mass is 492 g/mol. The second-order valence-electron chi connectivity index (χ2n) is 10.4. The Morgan fingerprint density at radius 3 is 2.43 bits per heavy atom. The van der Waals surface area contributed by atoms with Crippen molar-refractivity contribution in [3.05, 3.63) is 99.5 Å². The lowest BCUT2D eigenvalue weighted by Crippen LogP contribution is -2.35. The van der Waals surface area contributed by atoms with Crippen molar-refractivity contribution < 1.29 is 0 Å². The van der Waals surface area contributed by atoms with Gasteiger partial charge in [0, 0.05) is 19.0 Å². The summed E-state index contributed by atoms with van der Waals surface area (Å²) in [5, 5.41) is 4.74. The highest BCUT2D eigenvalue weighted by Gasteiger charge is 2.18. The average molecular weight is 493 g/mol. The minimum atomic E-state index is 0.805. The third kappa shape index (κ3) is 6.31. The molecule has 4 heteroatoms. The fourth-order valence-electron chi connectivity index (χ4n) is 5.42. The van der Waals surface area contributed by atoms with E-state index in [0.29, 0.717) is 0 Å². The maximum Gasteiger partial charge on any atom is 0.157 e. The van der Waals surface area contributed by atoms with Crippen molar-refractivity contribution in [2.45, 2.75) is 70.6 Å². The molecule has 4 nitrogen and oxygen atoms in total. The first-order valence-electron chi connectivity index (χ1n) is 14.0. The molecule has 0 fully saturated rings. The quantitative estimate of drug-likeness (QED) is 0.266. The summed E-state index contributed by atoms with van der Waals surface area (Å²) in [5.41, 5.74) is 15.3. The van der Waals surface area contributed by atoms with E-state index in [1.807, 2.05) is 0 Å². The van der Waals surface area contributed by atoms with E-state index < -0.39 is 0 Å². The fraction of sp³-hybridized carbons (Fsp3) is 0.364. The Bertz CT molecular complexity index is 1360. The van der Waals surface area contributed by atoms with Gasteiger partial charge in [-0.25, -0.2) is 4.98 Å². The zero-order chi connectivity index (χ0) is 25.5. The van der Waals surface area contributed by atoms with Crippen LogP contribution in [-0.2, 0) is 19.3 Å². The van der Waals surface area contributed by atoms with Crippen LogP contribution in [0.25, 0.3) is 24.2 Å². The summed E-state index contributed by atoms with van der Waals surface area (Å²) in [4.78, 5) is 5.10. The van der Waals surface area contributed by atoms with Crippen LogP contribution in [0.4, 0.5) is 0 Å². The summed E-state index contributed by atoms with van der Waals surface area (Å²) < 4.78 is 2.20. The molecular formula is C33H40N4. The smallest absolute Gasteiger partial charge is 0.157 e. The maximum atomic E-state index is 5.60. The number of aryl methyl sites for hydroxylation is 1. The number of nitrogens with one attached hydrogen (secondary N) is 1. The highest BCUT2D eigenvalue weighted by atomic mass is 15.1. The SMILES string of the molecule is C=c1c(CC2=CCCC2)nc2n1C=C(c1ccc(CCCCCCCN)cc1)NC=2Cc1ccccc1. The van der Waals surface area contributed by atoms with Crippen molar-refractivity contribution in [2.75, 3.05) is 6.54 Å². The molecule has 0 spiro atoms. The number of hydrogen-bond acceptors (Lipinski definition) is 3. The Kier molecular flexibility index (Phi) is 8.37. The molecule has 0 radical (unpaired) electrons. The summed E-state index contributed by atoms with van der Waals surface area (Å²) in [5.74, 6) is 0. The molecule has 3 N–H and O–H groups in total. The molecule has 1 aromatic heterocycles. The van der Waals surface area contributed by atoms with Crippen molar-refractivity contribution in [1.29, 1.82) is 0 Å². The van der Waals surface area contributed by atoms with Gasteiger partial charge in [-0.1, -0.05) is 92.1 Å². The van der Waals surface area contributed by atoms with E-state index in [9.17, 15) is 0 Å². The minimum Gasteiger partial charge on any atom is -0.354 e. The molecule has 0 unspecified atom stereocenters. The molecule has 0 amide bonds. The lowest BCUT2D eigenvalue weighted by molar-refractivity contribution is 0.618. The number of nitrogens with two attached hydrogens (primary N) is 1. The summed E-state index contributed by atoms with van der Waals surface area (Å²) in [7, 11) is 0. The normalized spacial score (nSPS) is 14.8. The molecule has 37 heavy (non-hydrogen) atoms. The van der Waals surface area contributed by atoms with E-state index >= 15 is 0 Å². The van der Waals surface area contributed by atoms with Crippen LogP contribution < -0.4 is 21.9 Å². The molecule has 2 heterocycles. The molecule has 1 aliphatic carbocycles. The van der Waals surface area contributed by atoms with E-state index in [1.165, 1.54) is 67.2 Å². The molecule has 0 atom stereocenters. The lowest BCUT2D eigenvalue weighted by Gasteiger charge is -2.19. The van der Waals surface area contributed by atoms with Crippen molar-refractivity contribution in [1.82, 2.24) is 14.9 Å². The van der Waals surface area contributed by atoms with E-state index in [2.05, 4.69) is 83.3 Å². The summed E-state index contributed by atoms with van der Waals surface area (Å²) >= 11 is 0. The number of allylic oxidation sites excluding steroid dienone is 2. The van der Waals surface area contributed by atoms with Gasteiger partial charge in [0.15, 0.2) is 5.48 Å². The Balaban J connectivity index is 1.37. The lowest BCUT2D eigenvalue weighted by atomic mass is 10.0. The van der Waals surface area contributed by atoms with Gasteiger partial charge in [0.05, 0.1) is 22.4 Å². The number of hydrogen-bond donors (Lipinski definition) is 2. The number of benzene rings is 2. The van der Waals surface area contributed by atoms with Crippen molar-refractivity contribution in [3.63, 3.8) is 0 Å². The van der Waals surface area contributed by atoms with Gasteiger partial charge in [-0.05, 0) is 61.8 Å². The van der Waals surface area contributed by atoms with Crippen LogP contribution in [0.15, 0.2) is 66.2 Å². The van der Waals surface area contributed by atoms with E-state index in [4.69, 9.17) is 10.7 Å². The number of nitrogens with zero attached hydrogens (tertiary/aromatic N) is 2. The van der Waals surface area contributed by atoms with Crippen LogP contribution >= 0.6 is 0 Å². The largest absolute Gasteiger partial charge is 0.354 e. The van der Waals surface area contributed by atoms with Gasteiger partial charge < -0.3 is 11.1 Å². The second-order valence-corrected chi connectivity index (χ2v) is 10.4. The number of aromatic nitrogens is 2. The zero-order valence-corrected chi connectivity index (χ0v) is 22.0. The number of fused-ring (bicyclic) bond motifs is 1. The van der Waals surface area contributed by atoms with E-state index in [0.717, 1.165) is 60.1 Å².